The van der Waals surface area contributed by atoms with Crippen molar-refractivity contribution in [3.8, 4) is 0 Å². The summed E-state index contributed by atoms with van der Waals surface area (Å²) in [7, 11) is 4.77. The van der Waals surface area contributed by atoms with Crippen LogP contribution >= 0.6 is 0 Å². The fourth-order valence-electron chi connectivity index (χ4n) is 3.16. The van der Waals surface area contributed by atoms with Crippen LogP contribution in [0.25, 0.3) is 0 Å². The van der Waals surface area contributed by atoms with Gasteiger partial charge in [0.1, 0.15) is 5.76 Å². The summed E-state index contributed by atoms with van der Waals surface area (Å²) in [6.07, 6.45) is 12.5. The molecule has 0 aliphatic carbocycles. The Morgan fingerprint density at radius 3 is 2.38 bits per heavy atom. The van der Waals surface area contributed by atoms with E-state index >= 15 is 0 Å². The molecule has 1 aromatic heterocycles. The Bertz CT molecular complexity index is 342. The average molecular weight is 295 g/mol. The summed E-state index contributed by atoms with van der Waals surface area (Å²) in [6.45, 7) is 7.15. The van der Waals surface area contributed by atoms with Gasteiger partial charge in [-0.1, -0.05) is 39.5 Å². The lowest BCUT2D eigenvalue weighted by Gasteiger charge is -2.33. The number of hydrogen-bond donors (Lipinski definition) is 0. The molecule has 0 saturated heterocycles. The fourth-order valence-corrected chi connectivity index (χ4v) is 3.16. The second-order valence-corrected chi connectivity index (χ2v) is 7.17. The molecule has 0 bridgehead atoms. The Morgan fingerprint density at radius 1 is 1.05 bits per heavy atom. The minimum Gasteiger partial charge on any atom is -0.469 e. The van der Waals surface area contributed by atoms with Crippen LogP contribution in [0.3, 0.4) is 0 Å². The largest absolute Gasteiger partial charge is 0.469 e. The van der Waals surface area contributed by atoms with Crippen molar-refractivity contribution < 1.29 is 8.90 Å². The average Bonchev–Trinajstić information content (AvgIpc) is 2.94. The van der Waals surface area contributed by atoms with Crippen LogP contribution in [-0.2, 0) is 6.42 Å². The maximum Gasteiger partial charge on any atom is 0.104 e. The number of rotatable bonds is 12. The maximum absolute atomic E-state index is 5.51. The summed E-state index contributed by atoms with van der Waals surface area (Å²) in [5.74, 6) is 1.87. The molecule has 0 fully saturated rings. The van der Waals surface area contributed by atoms with Gasteiger partial charge in [-0.3, -0.25) is 0 Å². The lowest BCUT2D eigenvalue weighted by atomic mass is 9.99. The Morgan fingerprint density at radius 2 is 1.76 bits per heavy atom. The first kappa shape index (κ1) is 18.3. The second kappa shape index (κ2) is 10.0. The molecular weight excluding hydrogens is 258 g/mol. The lowest BCUT2D eigenvalue weighted by Crippen LogP contribution is -2.44. The van der Waals surface area contributed by atoms with Crippen molar-refractivity contribution in [3.63, 3.8) is 0 Å². The van der Waals surface area contributed by atoms with Gasteiger partial charge in [0.15, 0.2) is 0 Å². The Hall–Kier alpha value is -0.760. The van der Waals surface area contributed by atoms with E-state index in [1.54, 1.807) is 6.26 Å². The van der Waals surface area contributed by atoms with Gasteiger partial charge in [0.05, 0.1) is 33.4 Å². The molecule has 1 heterocycles. The Kier molecular flexibility index (Phi) is 8.75. The van der Waals surface area contributed by atoms with E-state index < -0.39 is 0 Å². The van der Waals surface area contributed by atoms with Gasteiger partial charge < -0.3 is 8.90 Å². The van der Waals surface area contributed by atoms with Gasteiger partial charge >= 0.3 is 0 Å². The summed E-state index contributed by atoms with van der Waals surface area (Å²) >= 11 is 0. The third-order valence-electron chi connectivity index (χ3n) is 4.52. The van der Waals surface area contributed by atoms with Crippen LogP contribution in [0.15, 0.2) is 22.8 Å². The minimum absolute atomic E-state index is 0.728. The molecule has 0 aliphatic rings. The van der Waals surface area contributed by atoms with Crippen molar-refractivity contribution in [3.05, 3.63) is 24.2 Å². The van der Waals surface area contributed by atoms with E-state index in [1.807, 2.05) is 6.07 Å². The van der Waals surface area contributed by atoms with Gasteiger partial charge in [0.25, 0.3) is 0 Å². The van der Waals surface area contributed by atoms with Gasteiger partial charge in [0, 0.05) is 12.3 Å². The van der Waals surface area contributed by atoms with Crippen LogP contribution in [0.5, 0.6) is 0 Å². The highest BCUT2D eigenvalue weighted by Crippen LogP contribution is 2.17. The molecule has 2 heteroatoms. The highest BCUT2D eigenvalue weighted by Gasteiger charge is 2.21. The first-order valence-corrected chi connectivity index (χ1v) is 8.91. The SMILES string of the molecule is CCCCCCCC[N+](C)(C)CC(CC)Cc1ccco1. The predicted molar refractivity (Wildman–Crippen MR) is 91.4 cm³/mol. The van der Waals surface area contributed by atoms with Crippen LogP contribution in [0.1, 0.15) is 64.6 Å². The number of nitrogens with zero attached hydrogens (tertiary/aromatic N) is 1. The molecule has 0 spiro atoms. The first-order chi connectivity index (χ1) is 10.1. The Labute approximate surface area is 132 Å². The molecular formula is C19H36NO+. The molecule has 0 aliphatic heterocycles. The van der Waals surface area contributed by atoms with Gasteiger partial charge in [-0.05, 0) is 31.4 Å². The zero-order chi connectivity index (χ0) is 15.6. The van der Waals surface area contributed by atoms with Crippen LogP contribution in [0.4, 0.5) is 0 Å². The standard InChI is InChI=1S/C19H36NO/c1-5-7-8-9-10-11-14-20(3,4)17-18(6-2)16-19-13-12-15-21-19/h12-13,15,18H,5-11,14,16-17H2,1-4H3/q+1. The molecule has 0 radical (unpaired) electrons. The number of hydrogen-bond acceptors (Lipinski definition) is 1. The minimum atomic E-state index is 0.728. The molecule has 0 aromatic carbocycles. The molecule has 0 saturated carbocycles. The van der Waals surface area contributed by atoms with Crippen molar-refractivity contribution in [1.29, 1.82) is 0 Å². The normalized spacial score (nSPS) is 13.5. The smallest absolute Gasteiger partial charge is 0.104 e. The van der Waals surface area contributed by atoms with Gasteiger partial charge in [-0.2, -0.15) is 0 Å². The quantitative estimate of drug-likeness (QED) is 0.377. The first-order valence-electron chi connectivity index (χ1n) is 8.91. The number of unbranched alkanes of at least 4 members (excludes halogenated alkanes) is 5. The third kappa shape index (κ3) is 8.31. The van der Waals surface area contributed by atoms with E-state index in [-0.39, 0.29) is 0 Å². The molecule has 1 unspecified atom stereocenters. The van der Waals surface area contributed by atoms with Crippen molar-refractivity contribution >= 4 is 0 Å². The molecule has 1 aromatic rings. The Balaban J connectivity index is 2.25. The summed E-state index contributed by atoms with van der Waals surface area (Å²) in [5, 5.41) is 0. The summed E-state index contributed by atoms with van der Waals surface area (Å²) in [6, 6.07) is 4.11. The van der Waals surface area contributed by atoms with E-state index in [0.29, 0.717) is 0 Å². The van der Waals surface area contributed by atoms with Crippen LogP contribution < -0.4 is 0 Å². The van der Waals surface area contributed by atoms with E-state index in [4.69, 9.17) is 4.42 Å². The van der Waals surface area contributed by atoms with E-state index in [0.717, 1.165) is 22.6 Å². The van der Waals surface area contributed by atoms with Gasteiger partial charge in [-0.25, -0.2) is 0 Å². The van der Waals surface area contributed by atoms with Crippen molar-refractivity contribution in [2.24, 2.45) is 5.92 Å². The highest BCUT2D eigenvalue weighted by atomic mass is 16.3. The number of quaternary nitrogens is 1. The highest BCUT2D eigenvalue weighted by molar-refractivity contribution is 4.99. The van der Waals surface area contributed by atoms with Gasteiger partial charge in [0.2, 0.25) is 0 Å². The molecule has 2 nitrogen and oxygen atoms in total. The van der Waals surface area contributed by atoms with Crippen LogP contribution in [0.2, 0.25) is 0 Å². The molecule has 122 valence electrons. The van der Waals surface area contributed by atoms with Crippen molar-refractivity contribution in [1.82, 2.24) is 0 Å². The summed E-state index contributed by atoms with van der Waals surface area (Å²) in [5.41, 5.74) is 0. The van der Waals surface area contributed by atoms with Crippen LogP contribution in [0, 0.1) is 5.92 Å². The predicted octanol–water partition coefficient (Wildman–Crippen LogP) is 5.29. The topological polar surface area (TPSA) is 13.1 Å². The van der Waals surface area contributed by atoms with Gasteiger partial charge in [-0.15, -0.1) is 0 Å². The van der Waals surface area contributed by atoms with Crippen molar-refractivity contribution in [2.75, 3.05) is 27.2 Å². The summed E-state index contributed by atoms with van der Waals surface area (Å²) < 4.78 is 6.66. The number of furan rings is 1. The molecule has 0 N–H and O–H groups in total. The lowest BCUT2D eigenvalue weighted by molar-refractivity contribution is -0.894. The zero-order valence-corrected chi connectivity index (χ0v) is 14.7. The molecule has 1 rings (SSSR count). The fraction of sp³-hybridized carbons (Fsp3) is 0.789. The van der Waals surface area contributed by atoms with E-state index in [2.05, 4.69) is 34.0 Å². The molecule has 1 atom stereocenters. The monoisotopic (exact) mass is 294 g/mol. The molecule has 21 heavy (non-hydrogen) atoms. The maximum atomic E-state index is 5.51. The second-order valence-electron chi connectivity index (χ2n) is 7.17. The van der Waals surface area contributed by atoms with E-state index in [9.17, 15) is 0 Å². The zero-order valence-electron chi connectivity index (χ0n) is 14.7. The van der Waals surface area contributed by atoms with Crippen LogP contribution in [-0.4, -0.2) is 31.7 Å². The third-order valence-corrected chi connectivity index (χ3v) is 4.52. The molecule has 0 amide bonds. The van der Waals surface area contributed by atoms with Crippen molar-refractivity contribution in [2.45, 2.75) is 65.2 Å². The summed E-state index contributed by atoms with van der Waals surface area (Å²) in [4.78, 5) is 0. The van der Waals surface area contributed by atoms with E-state index in [1.165, 1.54) is 58.0 Å².